The number of ether oxygens (including phenoxy) is 2. The van der Waals surface area contributed by atoms with E-state index in [-0.39, 0.29) is 32.9 Å². The second kappa shape index (κ2) is 12.9. The van der Waals surface area contributed by atoms with Gasteiger partial charge in [-0.1, -0.05) is 46.9 Å². The van der Waals surface area contributed by atoms with Gasteiger partial charge in [0.1, 0.15) is 12.4 Å². The lowest BCUT2D eigenvalue weighted by Crippen LogP contribution is -2.32. The van der Waals surface area contributed by atoms with Gasteiger partial charge in [-0.25, -0.2) is 9.82 Å². The van der Waals surface area contributed by atoms with Crippen LogP contribution in [0.4, 0.5) is 10.1 Å². The number of benzene rings is 3. The molecule has 7 nitrogen and oxygen atoms in total. The monoisotopic (exact) mass is 615 g/mol. The molecule has 0 unspecified atom stereocenters. The molecule has 0 fully saturated rings. The topological polar surface area (TPSA) is 89.0 Å². The van der Waals surface area contributed by atoms with Crippen LogP contribution in [0.25, 0.3) is 0 Å². The number of halogens is 5. The van der Waals surface area contributed by atoms with Crippen molar-refractivity contribution in [1.29, 1.82) is 0 Å². The Morgan fingerprint density at radius 2 is 1.78 bits per heavy atom. The molecule has 0 saturated heterocycles. The van der Waals surface area contributed by atoms with Gasteiger partial charge in [0.2, 0.25) is 0 Å². The van der Waals surface area contributed by atoms with Crippen molar-refractivity contribution < 1.29 is 23.5 Å². The number of anilines is 1. The van der Waals surface area contributed by atoms with Gasteiger partial charge in [-0.05, 0) is 64.8 Å². The smallest absolute Gasteiger partial charge is 0.329 e. The van der Waals surface area contributed by atoms with E-state index in [4.69, 9.17) is 44.3 Å². The highest BCUT2D eigenvalue weighted by molar-refractivity contribution is 9.10. The lowest BCUT2D eigenvalue weighted by molar-refractivity contribution is -0.136. The van der Waals surface area contributed by atoms with E-state index in [0.29, 0.717) is 28.1 Å². The minimum atomic E-state index is -1.02. The first-order valence-corrected chi connectivity index (χ1v) is 12.2. The normalized spacial score (nSPS) is 10.8. The predicted octanol–water partition coefficient (Wildman–Crippen LogP) is 6.61. The number of carbonyl (C=O) groups excluding carboxylic acids is 2. The van der Waals surface area contributed by atoms with Gasteiger partial charge in [-0.3, -0.25) is 9.59 Å². The van der Waals surface area contributed by atoms with Gasteiger partial charge in [0.15, 0.2) is 11.5 Å². The first-order chi connectivity index (χ1) is 17.2. The van der Waals surface area contributed by atoms with Gasteiger partial charge in [-0.2, -0.15) is 5.10 Å². The Morgan fingerprint density at radius 3 is 2.50 bits per heavy atom. The molecule has 0 heterocycles. The molecular formula is C24H18BrCl3FN3O4. The van der Waals surface area contributed by atoms with Crippen LogP contribution in [0, 0.1) is 5.82 Å². The molecule has 0 aliphatic carbocycles. The van der Waals surface area contributed by atoms with Gasteiger partial charge in [0.25, 0.3) is 0 Å². The summed E-state index contributed by atoms with van der Waals surface area (Å²) in [5.74, 6) is -1.82. The van der Waals surface area contributed by atoms with E-state index in [2.05, 4.69) is 31.8 Å². The summed E-state index contributed by atoms with van der Waals surface area (Å²) in [5, 5.41) is 6.74. The molecule has 0 bridgehead atoms. The fourth-order valence-corrected chi connectivity index (χ4v) is 4.02. The second-order valence-electron chi connectivity index (χ2n) is 7.01. The molecule has 12 heteroatoms. The molecule has 0 aliphatic heterocycles. The first kappa shape index (κ1) is 27.7. The highest BCUT2D eigenvalue weighted by Crippen LogP contribution is 2.37. The summed E-state index contributed by atoms with van der Waals surface area (Å²) in [6, 6.07) is 12.2. The molecule has 36 heavy (non-hydrogen) atoms. The van der Waals surface area contributed by atoms with Crippen LogP contribution in [-0.4, -0.2) is 24.6 Å². The zero-order valence-electron chi connectivity index (χ0n) is 18.6. The van der Waals surface area contributed by atoms with Crippen LogP contribution in [0.3, 0.4) is 0 Å². The predicted molar refractivity (Wildman–Crippen MR) is 142 cm³/mol. The summed E-state index contributed by atoms with van der Waals surface area (Å²) < 4.78 is 26.0. The summed E-state index contributed by atoms with van der Waals surface area (Å²) in [7, 11) is 0. The molecule has 0 aromatic heterocycles. The van der Waals surface area contributed by atoms with Crippen LogP contribution in [0.2, 0.25) is 15.1 Å². The molecule has 188 valence electrons. The third kappa shape index (κ3) is 7.10. The van der Waals surface area contributed by atoms with E-state index in [9.17, 15) is 14.0 Å². The lowest BCUT2D eigenvalue weighted by atomic mass is 10.2. The molecule has 3 aromatic rings. The van der Waals surface area contributed by atoms with Crippen molar-refractivity contribution in [1.82, 2.24) is 5.43 Å². The second-order valence-corrected chi connectivity index (χ2v) is 9.05. The molecular weight excluding hydrogens is 600 g/mol. The Hall–Kier alpha value is -2.85. The number of hydrazone groups is 1. The minimum Gasteiger partial charge on any atom is -0.490 e. The van der Waals surface area contributed by atoms with Crippen molar-refractivity contribution >= 4 is 74.4 Å². The average Bonchev–Trinajstić information content (AvgIpc) is 2.83. The maximum atomic E-state index is 14.1. The quantitative estimate of drug-likeness (QED) is 0.169. The molecule has 2 amide bonds. The third-order valence-corrected chi connectivity index (χ3v) is 6.30. The van der Waals surface area contributed by atoms with Crippen molar-refractivity contribution in [2.75, 3.05) is 11.9 Å². The number of nitrogens with zero attached hydrogens (tertiary/aromatic N) is 1. The number of carbonyl (C=O) groups is 2. The summed E-state index contributed by atoms with van der Waals surface area (Å²) in [6.07, 6.45) is 1.31. The lowest BCUT2D eigenvalue weighted by Gasteiger charge is -2.15. The number of hydrogen-bond acceptors (Lipinski definition) is 5. The van der Waals surface area contributed by atoms with Crippen LogP contribution >= 0.6 is 50.7 Å². The van der Waals surface area contributed by atoms with Gasteiger partial charge in [-0.15, -0.1) is 0 Å². The van der Waals surface area contributed by atoms with E-state index < -0.39 is 17.6 Å². The van der Waals surface area contributed by atoms with E-state index >= 15 is 0 Å². The first-order valence-electron chi connectivity index (χ1n) is 10.3. The van der Waals surface area contributed by atoms with E-state index in [0.717, 1.165) is 0 Å². The van der Waals surface area contributed by atoms with Crippen molar-refractivity contribution in [2.45, 2.75) is 13.5 Å². The van der Waals surface area contributed by atoms with Crippen LogP contribution in [0.1, 0.15) is 18.1 Å². The van der Waals surface area contributed by atoms with Crippen molar-refractivity contribution in [3.05, 3.63) is 85.0 Å². The zero-order chi connectivity index (χ0) is 26.2. The van der Waals surface area contributed by atoms with E-state index in [1.807, 2.05) is 0 Å². The van der Waals surface area contributed by atoms with Crippen LogP contribution in [-0.2, 0) is 16.2 Å². The SMILES string of the molecule is CCOc1cc(C=NNC(=O)C(=O)Nc2cccc(Cl)c2Cl)cc(Br)c1OCc1c(F)cccc1Cl. The van der Waals surface area contributed by atoms with E-state index in [1.54, 1.807) is 37.3 Å². The third-order valence-electron chi connectivity index (χ3n) is 4.54. The van der Waals surface area contributed by atoms with Crippen molar-refractivity contribution in [2.24, 2.45) is 5.10 Å². The molecule has 3 rings (SSSR count). The van der Waals surface area contributed by atoms with Crippen LogP contribution in [0.5, 0.6) is 11.5 Å². The molecule has 0 radical (unpaired) electrons. The van der Waals surface area contributed by atoms with Gasteiger partial charge in [0, 0.05) is 5.56 Å². The highest BCUT2D eigenvalue weighted by atomic mass is 79.9. The van der Waals surface area contributed by atoms with Crippen LogP contribution < -0.4 is 20.2 Å². The molecule has 0 saturated carbocycles. The number of hydrogen-bond donors (Lipinski definition) is 2. The fourth-order valence-electron chi connectivity index (χ4n) is 2.88. The summed E-state index contributed by atoms with van der Waals surface area (Å²) in [4.78, 5) is 24.2. The maximum Gasteiger partial charge on any atom is 0.329 e. The Bertz CT molecular complexity index is 1300. The van der Waals surface area contributed by atoms with Gasteiger partial charge < -0.3 is 14.8 Å². The van der Waals surface area contributed by atoms with Crippen molar-refractivity contribution in [3.8, 4) is 11.5 Å². The molecule has 3 aromatic carbocycles. The summed E-state index contributed by atoms with van der Waals surface area (Å²) in [5.41, 5.74) is 3.04. The number of amides is 2. The summed E-state index contributed by atoms with van der Waals surface area (Å²) >= 11 is 21.4. The Labute approximate surface area is 229 Å². The molecule has 0 spiro atoms. The Balaban J connectivity index is 1.69. The molecule has 0 atom stereocenters. The summed E-state index contributed by atoms with van der Waals surface area (Å²) in [6.45, 7) is 1.99. The van der Waals surface area contributed by atoms with Crippen molar-refractivity contribution in [3.63, 3.8) is 0 Å². The van der Waals surface area contributed by atoms with E-state index in [1.165, 1.54) is 24.4 Å². The zero-order valence-corrected chi connectivity index (χ0v) is 22.4. The number of nitrogens with one attached hydrogen (secondary N) is 2. The van der Waals surface area contributed by atoms with Crippen LogP contribution in [0.15, 0.2) is 58.1 Å². The standard InChI is InChI=1S/C24H18BrCl3FN3O4/c1-2-35-20-10-13(9-15(25)22(20)36-12-14-16(26)5-3-7-18(14)29)11-30-32-24(34)23(33)31-19-8-4-6-17(27)21(19)28/h3-11H,2,12H2,1H3,(H,31,33)(H,32,34). The highest BCUT2D eigenvalue weighted by Gasteiger charge is 2.17. The Kier molecular flexibility index (Phi) is 9.95. The Morgan fingerprint density at radius 1 is 1.06 bits per heavy atom. The average molecular weight is 618 g/mol. The van der Waals surface area contributed by atoms with Gasteiger partial charge in [0.05, 0.1) is 38.0 Å². The molecule has 2 N–H and O–H groups in total. The fraction of sp³-hybridized carbons (Fsp3) is 0.125. The van der Waals surface area contributed by atoms with Gasteiger partial charge >= 0.3 is 11.8 Å². The maximum absolute atomic E-state index is 14.1. The molecule has 0 aliphatic rings. The largest absolute Gasteiger partial charge is 0.490 e. The minimum absolute atomic E-state index is 0.108. The number of rotatable bonds is 8.